The minimum absolute atomic E-state index is 0.741. The molecule has 0 amide bonds. The molecule has 0 saturated carbocycles. The first-order chi connectivity index (χ1) is 15.7. The van der Waals surface area contributed by atoms with E-state index in [4.69, 9.17) is 0 Å². The molecule has 0 radical (unpaired) electrons. The molecule has 0 aromatic rings. The van der Waals surface area contributed by atoms with Gasteiger partial charge in [0, 0.05) is 0 Å². The van der Waals surface area contributed by atoms with Crippen LogP contribution in [-0.4, -0.2) is 141 Å². The van der Waals surface area contributed by atoms with Gasteiger partial charge in [-0.3, -0.25) is 27.3 Å². The van der Waals surface area contributed by atoms with Crippen molar-refractivity contribution in [3.8, 4) is 0 Å². The third-order valence-corrected chi connectivity index (χ3v) is 11.3. The standard InChI is InChI=1S/C6H12N6O18S6/c13-31(14,15)7-1-2-8(32(16,17)18)5(7)6-9(33(19,20)21)3(11(1)35(25,26)27)4(10(6)34(22,23)24)12(2)36(28,29)30/h1-6H,(H,13,14,15)(H,16,17,18)(H,19,20,21)(H,22,23,24)(H,25,26,27)(H,28,29,30). The Kier molecular flexibility index (Phi) is 5.84. The van der Waals surface area contributed by atoms with E-state index in [9.17, 15) is 77.8 Å². The minimum Gasteiger partial charge on any atom is -0.273 e. The van der Waals surface area contributed by atoms with Crippen molar-refractivity contribution in [2.75, 3.05) is 0 Å². The van der Waals surface area contributed by atoms with Crippen molar-refractivity contribution in [3.05, 3.63) is 0 Å². The Morgan fingerprint density at radius 2 is 0.361 bits per heavy atom. The second-order valence-electron chi connectivity index (χ2n) is 7.33. The van der Waals surface area contributed by atoms with Crippen molar-refractivity contribution in [1.82, 2.24) is 25.8 Å². The Balaban J connectivity index is 2.34. The molecule has 5 aliphatic heterocycles. The summed E-state index contributed by atoms with van der Waals surface area (Å²) in [5.41, 5.74) is 0. The van der Waals surface area contributed by atoms with Crippen LogP contribution in [0.3, 0.4) is 0 Å². The van der Waals surface area contributed by atoms with Crippen molar-refractivity contribution >= 4 is 61.8 Å². The maximum absolute atomic E-state index is 12.3. The molecule has 210 valence electrons. The van der Waals surface area contributed by atoms with Crippen molar-refractivity contribution in [3.63, 3.8) is 0 Å². The third-order valence-electron chi connectivity index (χ3n) is 5.53. The first kappa shape index (κ1) is 28.2. The van der Waals surface area contributed by atoms with Gasteiger partial charge in [0.05, 0.1) is 0 Å². The van der Waals surface area contributed by atoms with Gasteiger partial charge in [0.25, 0.3) is 0 Å². The fourth-order valence-electron chi connectivity index (χ4n) is 4.83. The van der Waals surface area contributed by atoms with Gasteiger partial charge in [0.2, 0.25) is 0 Å². The van der Waals surface area contributed by atoms with E-state index in [0.29, 0.717) is 0 Å². The lowest BCUT2D eigenvalue weighted by molar-refractivity contribution is -0.0453. The molecule has 30 heteroatoms. The third kappa shape index (κ3) is 3.80. The Hall–Kier alpha value is -0.780. The number of nitrogens with zero attached hydrogens (tertiary/aromatic N) is 6. The van der Waals surface area contributed by atoms with E-state index < -0.39 is 125 Å². The molecule has 5 fully saturated rings. The molecular formula is C6H12N6O18S6. The average molecular weight is 649 g/mol. The van der Waals surface area contributed by atoms with Gasteiger partial charge in [-0.25, -0.2) is 0 Å². The van der Waals surface area contributed by atoms with E-state index in [1.54, 1.807) is 0 Å². The van der Waals surface area contributed by atoms with Gasteiger partial charge in [-0.15, -0.1) is 25.8 Å². The van der Waals surface area contributed by atoms with Gasteiger partial charge in [-0.05, 0) is 0 Å². The van der Waals surface area contributed by atoms with E-state index in [-0.39, 0.29) is 0 Å². The van der Waals surface area contributed by atoms with Crippen molar-refractivity contribution in [2.24, 2.45) is 0 Å². The molecule has 36 heavy (non-hydrogen) atoms. The molecule has 0 unspecified atom stereocenters. The van der Waals surface area contributed by atoms with Gasteiger partial charge < -0.3 is 0 Å². The Morgan fingerprint density at radius 1 is 0.278 bits per heavy atom. The Bertz CT molecular complexity index is 1450. The maximum Gasteiger partial charge on any atom is 0.338 e. The molecule has 6 N–H and O–H groups in total. The molecule has 0 aromatic heterocycles. The predicted molar refractivity (Wildman–Crippen MR) is 103 cm³/mol. The van der Waals surface area contributed by atoms with Crippen molar-refractivity contribution < 1.29 is 77.8 Å². The minimum atomic E-state index is -6.12. The smallest absolute Gasteiger partial charge is 0.273 e. The van der Waals surface area contributed by atoms with E-state index in [2.05, 4.69) is 0 Å². The quantitative estimate of drug-likeness (QED) is 0.146. The number of piperazine rings is 1. The summed E-state index contributed by atoms with van der Waals surface area (Å²) in [6.45, 7) is 0. The lowest BCUT2D eigenvalue weighted by Crippen LogP contribution is -2.76. The average Bonchev–Trinajstić information content (AvgIpc) is 2.99. The first-order valence-corrected chi connectivity index (χ1v) is 16.7. The number of rotatable bonds is 6. The van der Waals surface area contributed by atoms with Crippen LogP contribution in [0.15, 0.2) is 0 Å². The monoisotopic (exact) mass is 648 g/mol. The van der Waals surface area contributed by atoms with E-state index in [1.807, 2.05) is 0 Å². The van der Waals surface area contributed by atoms with Crippen LogP contribution in [-0.2, 0) is 61.8 Å². The fourth-order valence-corrected chi connectivity index (χ4v) is 11.0. The highest BCUT2D eigenvalue weighted by atomic mass is 32.3. The molecule has 0 aliphatic carbocycles. The SMILES string of the molecule is O=S(=O)(O)N1C2C3N(S(=O)(=O)O)C1C1N(S(=O)(=O)O)C(C(N1S(=O)(=O)O)N3S(=O)(=O)O)N2S(=O)(=O)O. The summed E-state index contributed by atoms with van der Waals surface area (Å²) in [4.78, 5) is 0. The van der Waals surface area contributed by atoms with E-state index >= 15 is 0 Å². The zero-order chi connectivity index (χ0) is 27.9. The van der Waals surface area contributed by atoms with Crippen LogP contribution in [0, 0.1) is 0 Å². The summed E-state index contributed by atoms with van der Waals surface area (Å²) in [6.07, 6.45) is -18.8. The fraction of sp³-hybridized carbons (Fsp3) is 1.00. The lowest BCUT2D eigenvalue weighted by Gasteiger charge is -2.49. The molecule has 0 atom stereocenters. The first-order valence-electron chi connectivity index (χ1n) is 8.29. The number of hydrogen-bond acceptors (Lipinski definition) is 12. The van der Waals surface area contributed by atoms with Crippen molar-refractivity contribution in [1.29, 1.82) is 0 Å². The van der Waals surface area contributed by atoms with Crippen LogP contribution in [0.4, 0.5) is 0 Å². The summed E-state index contributed by atoms with van der Waals surface area (Å²) in [6, 6.07) is 0. The van der Waals surface area contributed by atoms with Crippen LogP contribution >= 0.6 is 0 Å². The predicted octanol–water partition coefficient (Wildman–Crippen LogP) is -6.37. The van der Waals surface area contributed by atoms with Gasteiger partial charge in [0.1, 0.15) is 37.0 Å². The largest absolute Gasteiger partial charge is 0.338 e. The molecule has 5 aliphatic rings. The zero-order valence-corrected chi connectivity index (χ0v) is 21.1. The van der Waals surface area contributed by atoms with E-state index in [0.717, 1.165) is 0 Å². The van der Waals surface area contributed by atoms with Crippen LogP contribution < -0.4 is 0 Å². The highest BCUT2D eigenvalue weighted by Gasteiger charge is 2.82. The molecule has 5 saturated heterocycles. The molecule has 5 rings (SSSR count). The summed E-state index contributed by atoms with van der Waals surface area (Å²) >= 11 is 0. The molecule has 24 nitrogen and oxygen atoms in total. The molecular weight excluding hydrogens is 636 g/mol. The van der Waals surface area contributed by atoms with Crippen LogP contribution in [0.2, 0.25) is 0 Å². The second kappa shape index (κ2) is 7.45. The van der Waals surface area contributed by atoms with Crippen LogP contribution in [0.25, 0.3) is 0 Å². The van der Waals surface area contributed by atoms with Crippen LogP contribution in [0.5, 0.6) is 0 Å². The van der Waals surface area contributed by atoms with Gasteiger partial charge >= 0.3 is 61.8 Å². The highest BCUT2D eigenvalue weighted by Crippen LogP contribution is 2.55. The van der Waals surface area contributed by atoms with Gasteiger partial charge in [-0.1, -0.05) is 0 Å². The van der Waals surface area contributed by atoms with E-state index in [1.165, 1.54) is 0 Å². The van der Waals surface area contributed by atoms with Gasteiger partial charge in [-0.2, -0.15) is 50.5 Å². The normalized spacial score (nSPS) is 36.2. The maximum atomic E-state index is 12.3. The molecule has 0 spiro atoms. The summed E-state index contributed by atoms with van der Waals surface area (Å²) in [5.74, 6) is 0. The van der Waals surface area contributed by atoms with Gasteiger partial charge in [0.15, 0.2) is 0 Å². The highest BCUT2D eigenvalue weighted by molar-refractivity contribution is 7.86. The van der Waals surface area contributed by atoms with Crippen LogP contribution in [0.1, 0.15) is 0 Å². The number of hydrogen-bond donors (Lipinski definition) is 6. The second-order valence-corrected chi connectivity index (χ2v) is 15.2. The lowest BCUT2D eigenvalue weighted by atomic mass is 10.2. The molecule has 6 bridgehead atoms. The van der Waals surface area contributed by atoms with Crippen molar-refractivity contribution in [2.45, 2.75) is 37.0 Å². The Labute approximate surface area is 202 Å². The topological polar surface area (TPSA) is 346 Å². The molecule has 0 aromatic carbocycles. The Morgan fingerprint density at radius 3 is 0.417 bits per heavy atom. The summed E-state index contributed by atoms with van der Waals surface area (Å²) in [5, 5.41) is 0. The zero-order valence-electron chi connectivity index (χ0n) is 16.2. The summed E-state index contributed by atoms with van der Waals surface area (Å²) < 4.78 is 201. The molecule has 5 heterocycles. The summed E-state index contributed by atoms with van der Waals surface area (Å²) in [7, 11) is -36.7.